The van der Waals surface area contributed by atoms with E-state index in [2.05, 4.69) is 45.2 Å². The zero-order chi connectivity index (χ0) is 30.6. The van der Waals surface area contributed by atoms with Crippen molar-refractivity contribution < 1.29 is 14.3 Å². The van der Waals surface area contributed by atoms with Crippen LogP contribution in [-0.2, 0) is 16.0 Å². The number of ether oxygens (including phenoxy) is 1. The molecule has 1 fully saturated rings. The molecule has 3 aromatic rings. The molecular formula is C29H44N10O3. The second kappa shape index (κ2) is 12.8. The van der Waals surface area contributed by atoms with E-state index >= 15 is 0 Å². The zero-order valence-corrected chi connectivity index (χ0v) is 25.8. The van der Waals surface area contributed by atoms with Crippen molar-refractivity contribution in [1.82, 2.24) is 34.4 Å². The van der Waals surface area contributed by atoms with Gasteiger partial charge in [-0.05, 0) is 52.2 Å². The third-order valence-corrected chi connectivity index (χ3v) is 7.06. The molecule has 4 rings (SSSR count). The van der Waals surface area contributed by atoms with Gasteiger partial charge in [0, 0.05) is 51.9 Å². The van der Waals surface area contributed by atoms with Gasteiger partial charge in [-0.15, -0.1) is 5.10 Å². The number of pyridine rings is 1. The van der Waals surface area contributed by atoms with Crippen molar-refractivity contribution in [3.63, 3.8) is 0 Å². The summed E-state index contributed by atoms with van der Waals surface area (Å²) >= 11 is 0. The lowest BCUT2D eigenvalue weighted by atomic mass is 10.1. The third kappa shape index (κ3) is 7.56. The number of nitrogens with zero attached hydrogens (tertiary/aromatic N) is 8. The summed E-state index contributed by atoms with van der Waals surface area (Å²) in [5, 5.41) is 7.98. The van der Waals surface area contributed by atoms with Gasteiger partial charge in [-0.1, -0.05) is 19.4 Å². The van der Waals surface area contributed by atoms with E-state index in [1.165, 1.54) is 4.90 Å². The Bertz CT molecular complexity index is 1410. The summed E-state index contributed by atoms with van der Waals surface area (Å²) in [5.41, 5.74) is 9.09. The molecule has 1 aliphatic rings. The first-order chi connectivity index (χ1) is 19.8. The Hall–Kier alpha value is -4.16. The Morgan fingerprint density at radius 1 is 1.17 bits per heavy atom. The largest absolute Gasteiger partial charge is 0.444 e. The predicted octanol–water partition coefficient (Wildman–Crippen LogP) is 3.12. The smallest absolute Gasteiger partial charge is 0.410 e. The van der Waals surface area contributed by atoms with Crippen LogP contribution in [0.15, 0.2) is 18.5 Å². The lowest BCUT2D eigenvalue weighted by molar-refractivity contribution is -0.132. The van der Waals surface area contributed by atoms with Crippen molar-refractivity contribution in [3.8, 4) is 0 Å². The number of aromatic nitrogens is 5. The highest BCUT2D eigenvalue weighted by Gasteiger charge is 2.26. The number of amides is 2. The maximum Gasteiger partial charge on any atom is 0.410 e. The van der Waals surface area contributed by atoms with Gasteiger partial charge in [-0.2, -0.15) is 4.98 Å². The standard InChI is InChI=1S/C29H44N10O3/c1-8-9-20(3)33-27-34-24(30)26-32-17-22(39(26)35-27)15-21-14-19(2)25(31-16-21)38-12-10-37(11-13-38)23(40)18-36(7)28(41)42-29(4,5)6/h14,16-17,20H,8-13,15,18H2,1-7H3,(H3,30,33,34,35)/t20-/m0/s1. The maximum atomic E-state index is 12.8. The van der Waals surface area contributed by atoms with E-state index in [9.17, 15) is 9.59 Å². The number of hydrogen-bond acceptors (Lipinski definition) is 10. The first kappa shape index (κ1) is 30.8. The molecule has 0 unspecified atom stereocenters. The van der Waals surface area contributed by atoms with Crippen LogP contribution in [0.4, 0.5) is 22.4 Å². The summed E-state index contributed by atoms with van der Waals surface area (Å²) in [7, 11) is 1.58. The van der Waals surface area contributed by atoms with Crippen LogP contribution in [0.5, 0.6) is 0 Å². The van der Waals surface area contributed by atoms with Gasteiger partial charge in [0.1, 0.15) is 18.0 Å². The summed E-state index contributed by atoms with van der Waals surface area (Å²) in [6, 6.07) is 2.36. The van der Waals surface area contributed by atoms with Crippen LogP contribution in [-0.4, -0.2) is 97.8 Å². The topological polar surface area (TPSA) is 147 Å². The summed E-state index contributed by atoms with van der Waals surface area (Å²) in [4.78, 5) is 44.0. The van der Waals surface area contributed by atoms with E-state index in [1.807, 2.05) is 13.1 Å². The average Bonchev–Trinajstić information content (AvgIpc) is 3.31. The highest BCUT2D eigenvalue weighted by molar-refractivity contribution is 5.82. The highest BCUT2D eigenvalue weighted by Crippen LogP contribution is 2.22. The molecule has 0 radical (unpaired) electrons. The normalized spacial score (nSPS) is 14.6. The molecule has 1 atom stereocenters. The molecule has 4 heterocycles. The predicted molar refractivity (Wildman–Crippen MR) is 163 cm³/mol. The summed E-state index contributed by atoms with van der Waals surface area (Å²) in [6.45, 7) is 14.1. The van der Waals surface area contributed by atoms with E-state index in [-0.39, 0.29) is 18.5 Å². The number of nitrogen functional groups attached to an aromatic ring is 1. The number of nitrogens with two attached hydrogens (primary N) is 1. The number of carbonyl (C=O) groups excluding carboxylic acids is 2. The van der Waals surface area contributed by atoms with Crippen molar-refractivity contribution in [1.29, 1.82) is 0 Å². The minimum absolute atomic E-state index is 0.0178. The molecule has 0 aromatic carbocycles. The van der Waals surface area contributed by atoms with Gasteiger partial charge in [0.15, 0.2) is 11.5 Å². The number of imidazole rings is 1. The maximum absolute atomic E-state index is 12.8. The van der Waals surface area contributed by atoms with Crippen LogP contribution in [0.25, 0.3) is 5.65 Å². The minimum atomic E-state index is -0.608. The molecule has 0 spiro atoms. The zero-order valence-electron chi connectivity index (χ0n) is 25.8. The van der Waals surface area contributed by atoms with Crippen LogP contribution in [0.1, 0.15) is 64.3 Å². The Balaban J connectivity index is 1.37. The molecule has 13 heteroatoms. The first-order valence-corrected chi connectivity index (χ1v) is 14.5. The molecule has 2 amide bonds. The average molecular weight is 581 g/mol. The molecular weight excluding hydrogens is 536 g/mol. The Morgan fingerprint density at radius 3 is 2.52 bits per heavy atom. The SMILES string of the molecule is CCC[C@H](C)Nc1nc(N)c2ncc(Cc3cnc(N4CCN(C(=O)CN(C)C(=O)OC(C)(C)C)CC4)c(C)c3)n2n1. The summed E-state index contributed by atoms with van der Waals surface area (Å²) < 4.78 is 7.10. The molecule has 0 bridgehead atoms. The number of fused-ring (bicyclic) bond motifs is 1. The van der Waals surface area contributed by atoms with Crippen LogP contribution in [0.3, 0.4) is 0 Å². The molecule has 1 aliphatic heterocycles. The monoisotopic (exact) mass is 580 g/mol. The van der Waals surface area contributed by atoms with Crippen molar-refractivity contribution in [2.24, 2.45) is 0 Å². The quantitative estimate of drug-likeness (QED) is 0.387. The van der Waals surface area contributed by atoms with Crippen molar-refractivity contribution in [2.75, 3.05) is 55.7 Å². The fraction of sp³-hybridized carbons (Fsp3) is 0.586. The second-order valence-corrected chi connectivity index (χ2v) is 12.0. The van der Waals surface area contributed by atoms with Crippen LogP contribution in [0.2, 0.25) is 0 Å². The molecule has 0 aliphatic carbocycles. The van der Waals surface area contributed by atoms with Crippen LogP contribution < -0.4 is 16.0 Å². The number of likely N-dealkylation sites (N-methyl/N-ethyl adjacent to an activating group) is 1. The van der Waals surface area contributed by atoms with Crippen molar-refractivity contribution in [2.45, 2.75) is 72.4 Å². The molecule has 42 heavy (non-hydrogen) atoms. The lowest BCUT2D eigenvalue weighted by Crippen LogP contribution is -2.52. The Kier molecular flexibility index (Phi) is 9.37. The van der Waals surface area contributed by atoms with Crippen LogP contribution >= 0.6 is 0 Å². The Morgan fingerprint density at radius 2 is 1.88 bits per heavy atom. The van der Waals surface area contributed by atoms with Gasteiger partial charge in [0.2, 0.25) is 11.9 Å². The van der Waals surface area contributed by atoms with Gasteiger partial charge < -0.3 is 30.5 Å². The van der Waals surface area contributed by atoms with Crippen LogP contribution in [0, 0.1) is 6.92 Å². The van der Waals surface area contributed by atoms with Gasteiger partial charge >= 0.3 is 6.09 Å². The molecule has 0 saturated carbocycles. The molecule has 1 saturated heterocycles. The van der Waals surface area contributed by atoms with Gasteiger partial charge in [0.05, 0.1) is 11.9 Å². The number of piperazine rings is 1. The number of carbonyl (C=O) groups is 2. The molecule has 3 aromatic heterocycles. The third-order valence-electron chi connectivity index (χ3n) is 7.06. The summed E-state index contributed by atoms with van der Waals surface area (Å²) in [5.74, 6) is 1.62. The lowest BCUT2D eigenvalue weighted by Gasteiger charge is -2.36. The number of hydrogen-bond donors (Lipinski definition) is 2. The van der Waals surface area contributed by atoms with E-state index in [4.69, 9.17) is 15.5 Å². The number of anilines is 3. The van der Waals surface area contributed by atoms with Gasteiger partial charge in [-0.25, -0.2) is 19.3 Å². The first-order valence-electron chi connectivity index (χ1n) is 14.5. The van der Waals surface area contributed by atoms with Crippen molar-refractivity contribution in [3.05, 3.63) is 35.3 Å². The molecule has 228 valence electrons. The number of aryl methyl sites for hydroxylation is 1. The number of nitrogens with one attached hydrogen (secondary N) is 1. The minimum Gasteiger partial charge on any atom is -0.444 e. The fourth-order valence-corrected chi connectivity index (χ4v) is 4.99. The Labute approximate surface area is 247 Å². The van der Waals surface area contributed by atoms with E-state index in [1.54, 1.807) is 43.4 Å². The molecule has 13 nitrogen and oxygen atoms in total. The number of rotatable bonds is 9. The van der Waals surface area contributed by atoms with Gasteiger partial charge in [-0.3, -0.25) is 4.79 Å². The van der Waals surface area contributed by atoms with Gasteiger partial charge in [0.25, 0.3) is 0 Å². The highest BCUT2D eigenvalue weighted by atomic mass is 16.6. The molecule has 3 N–H and O–H groups in total. The summed E-state index contributed by atoms with van der Waals surface area (Å²) in [6.07, 6.45) is 5.80. The van der Waals surface area contributed by atoms with E-state index < -0.39 is 11.7 Å². The van der Waals surface area contributed by atoms with Crippen molar-refractivity contribution >= 4 is 35.2 Å². The fourth-order valence-electron chi connectivity index (χ4n) is 4.99. The van der Waals surface area contributed by atoms with E-state index in [0.29, 0.717) is 50.0 Å². The van der Waals surface area contributed by atoms with E-state index in [0.717, 1.165) is 35.5 Å². The second-order valence-electron chi connectivity index (χ2n) is 12.0.